The van der Waals surface area contributed by atoms with Gasteiger partial charge in [-0.25, -0.2) is 0 Å². The molecule has 2 aromatic carbocycles. The monoisotopic (exact) mass is 415 g/mol. The van der Waals surface area contributed by atoms with E-state index < -0.39 is 42.6 Å². The topological polar surface area (TPSA) is 100 Å². The Kier molecular flexibility index (Phi) is 6.56. The van der Waals surface area contributed by atoms with Gasteiger partial charge in [-0.05, 0) is 18.4 Å². The number of fused-ring (bicyclic) bond motifs is 1. The quantitative estimate of drug-likeness (QED) is 0.748. The maximum absolute atomic E-state index is 11.9. The van der Waals surface area contributed by atoms with Gasteiger partial charge in [0.15, 0.2) is 12.2 Å². The predicted molar refractivity (Wildman–Crippen MR) is 108 cm³/mol. The molecule has 3 rings (SSSR count). The minimum absolute atomic E-state index is 0.372. The Morgan fingerprint density at radius 1 is 0.900 bits per heavy atom. The number of nitrogens with one attached hydrogen (secondary N) is 1. The van der Waals surface area contributed by atoms with Crippen LogP contribution >= 0.6 is 0 Å². The highest BCUT2D eigenvalue weighted by atomic mass is 16.7. The number of hydrogen-bond donors (Lipinski definition) is 1. The molecule has 160 valence electrons. The van der Waals surface area contributed by atoms with Crippen molar-refractivity contribution in [2.45, 2.75) is 58.3 Å². The van der Waals surface area contributed by atoms with Gasteiger partial charge in [-0.3, -0.25) is 14.4 Å². The first-order chi connectivity index (χ1) is 14.3. The molecule has 0 radical (unpaired) electrons. The molecule has 2 aromatic rings. The first-order valence-electron chi connectivity index (χ1n) is 9.67. The largest absolute Gasteiger partial charge is 0.483 e. The van der Waals surface area contributed by atoms with E-state index in [1.165, 1.54) is 20.8 Å². The third kappa shape index (κ3) is 4.88. The molecule has 8 nitrogen and oxygen atoms in total. The summed E-state index contributed by atoms with van der Waals surface area (Å²) in [6.07, 6.45) is -3.46. The van der Waals surface area contributed by atoms with Crippen LogP contribution in [-0.2, 0) is 28.6 Å². The minimum atomic E-state index is -1.10. The van der Waals surface area contributed by atoms with Gasteiger partial charge in [-0.1, -0.05) is 36.4 Å². The van der Waals surface area contributed by atoms with Crippen molar-refractivity contribution in [3.05, 3.63) is 42.5 Å². The highest BCUT2D eigenvalue weighted by Gasteiger charge is 2.50. The summed E-state index contributed by atoms with van der Waals surface area (Å²) in [5, 5.41) is 4.54. The zero-order chi connectivity index (χ0) is 21.8. The van der Waals surface area contributed by atoms with Crippen molar-refractivity contribution >= 4 is 28.6 Å². The number of carbonyl (C=O) groups excluding carboxylic acids is 3. The van der Waals surface area contributed by atoms with Crippen molar-refractivity contribution in [3.63, 3.8) is 0 Å². The molecule has 1 heterocycles. The van der Waals surface area contributed by atoms with Gasteiger partial charge in [-0.15, -0.1) is 0 Å². The Labute approximate surface area is 174 Å². The molecule has 0 saturated carbocycles. The normalized spacial score (nSPS) is 25.9. The summed E-state index contributed by atoms with van der Waals surface area (Å²) >= 11 is 0. The zero-order valence-electron chi connectivity index (χ0n) is 17.3. The minimum Gasteiger partial charge on any atom is -0.483 e. The van der Waals surface area contributed by atoms with Gasteiger partial charge in [-0.2, -0.15) is 0 Å². The smallest absolute Gasteiger partial charge is 0.305 e. The summed E-state index contributed by atoms with van der Waals surface area (Å²) in [4.78, 5) is 35.3. The summed E-state index contributed by atoms with van der Waals surface area (Å²) in [6.45, 7) is 5.55. The summed E-state index contributed by atoms with van der Waals surface area (Å²) in [5.74, 6) is -0.920. The van der Waals surface area contributed by atoms with Crippen molar-refractivity contribution in [3.8, 4) is 5.75 Å². The number of benzene rings is 2. The Hall–Kier alpha value is -3.13. The van der Waals surface area contributed by atoms with Gasteiger partial charge in [0.05, 0.1) is 6.10 Å². The molecule has 0 unspecified atom stereocenters. The predicted octanol–water partition coefficient (Wildman–Crippen LogP) is 2.33. The van der Waals surface area contributed by atoms with Gasteiger partial charge in [0, 0.05) is 26.2 Å². The second-order valence-corrected chi connectivity index (χ2v) is 7.18. The Morgan fingerprint density at radius 3 is 2.23 bits per heavy atom. The van der Waals surface area contributed by atoms with E-state index in [-0.39, 0.29) is 5.91 Å². The molecule has 1 amide bonds. The first kappa shape index (κ1) is 21.6. The van der Waals surface area contributed by atoms with Crippen LogP contribution in [0.2, 0.25) is 0 Å². The van der Waals surface area contributed by atoms with Crippen LogP contribution < -0.4 is 10.1 Å². The number of hydrogen-bond acceptors (Lipinski definition) is 7. The van der Waals surface area contributed by atoms with Crippen LogP contribution in [0.3, 0.4) is 0 Å². The summed E-state index contributed by atoms with van der Waals surface area (Å²) in [7, 11) is 0. The first-order valence-corrected chi connectivity index (χ1v) is 9.67. The molecule has 30 heavy (non-hydrogen) atoms. The number of ether oxygens (including phenoxy) is 4. The lowest BCUT2D eigenvalue weighted by molar-refractivity contribution is -0.254. The molecule has 0 aliphatic carbocycles. The average Bonchev–Trinajstić information content (AvgIpc) is 2.67. The highest BCUT2D eigenvalue weighted by Crippen LogP contribution is 2.32. The van der Waals surface area contributed by atoms with E-state index >= 15 is 0 Å². The van der Waals surface area contributed by atoms with Gasteiger partial charge in [0.2, 0.25) is 12.2 Å². The van der Waals surface area contributed by atoms with E-state index in [4.69, 9.17) is 18.9 Å². The van der Waals surface area contributed by atoms with Crippen LogP contribution in [0.15, 0.2) is 42.5 Å². The summed E-state index contributed by atoms with van der Waals surface area (Å²) < 4.78 is 22.9. The van der Waals surface area contributed by atoms with Crippen LogP contribution in [0, 0.1) is 0 Å². The van der Waals surface area contributed by atoms with Crippen LogP contribution in [0.25, 0.3) is 10.8 Å². The van der Waals surface area contributed by atoms with E-state index in [9.17, 15) is 14.4 Å². The second kappa shape index (κ2) is 9.13. The van der Waals surface area contributed by atoms with Gasteiger partial charge >= 0.3 is 11.9 Å². The fraction of sp³-hybridized carbons (Fsp3) is 0.409. The van der Waals surface area contributed by atoms with E-state index in [0.717, 1.165) is 10.8 Å². The summed E-state index contributed by atoms with van der Waals surface area (Å²) in [6, 6.07) is 12.4. The number of carbonyl (C=O) groups is 3. The molecule has 8 heteroatoms. The van der Waals surface area contributed by atoms with Crippen LogP contribution in [0.1, 0.15) is 27.7 Å². The van der Waals surface area contributed by atoms with Crippen molar-refractivity contribution in [2.24, 2.45) is 0 Å². The Balaban J connectivity index is 2.04. The van der Waals surface area contributed by atoms with E-state index in [2.05, 4.69) is 5.32 Å². The molecular formula is C22H25NO7. The maximum Gasteiger partial charge on any atom is 0.305 e. The lowest BCUT2D eigenvalue weighted by Crippen LogP contribution is -2.66. The maximum atomic E-state index is 11.9. The molecule has 0 bridgehead atoms. The molecule has 5 atom stereocenters. The lowest BCUT2D eigenvalue weighted by Gasteiger charge is -2.44. The van der Waals surface area contributed by atoms with Crippen LogP contribution in [-0.4, -0.2) is 48.5 Å². The van der Waals surface area contributed by atoms with E-state index in [0.29, 0.717) is 5.75 Å². The van der Waals surface area contributed by atoms with Crippen molar-refractivity contribution in [2.75, 3.05) is 0 Å². The third-order valence-corrected chi connectivity index (χ3v) is 4.75. The number of esters is 2. The molecule has 1 aliphatic heterocycles. The van der Waals surface area contributed by atoms with Gasteiger partial charge < -0.3 is 24.3 Å². The van der Waals surface area contributed by atoms with Crippen molar-refractivity contribution in [1.29, 1.82) is 0 Å². The molecule has 1 fully saturated rings. The zero-order valence-corrected chi connectivity index (χ0v) is 17.3. The summed E-state index contributed by atoms with van der Waals surface area (Å²) in [5.41, 5.74) is 0. The average molecular weight is 415 g/mol. The molecular weight excluding hydrogens is 390 g/mol. The Morgan fingerprint density at radius 2 is 1.57 bits per heavy atom. The van der Waals surface area contributed by atoms with E-state index in [1.807, 2.05) is 36.4 Å². The standard InChI is InChI=1S/C22H25NO7/c1-12-20(28-14(3)25)21(19(23-13(2)24)22(27-12)29-15(4)26)30-18-11-7-9-16-8-5-6-10-17(16)18/h5-12,19-22H,1-4H3,(H,23,24)/t12-,19-,20+,21-,22-/m1/s1. The van der Waals surface area contributed by atoms with Crippen LogP contribution in [0.4, 0.5) is 0 Å². The third-order valence-electron chi connectivity index (χ3n) is 4.75. The van der Waals surface area contributed by atoms with Crippen LogP contribution in [0.5, 0.6) is 5.75 Å². The number of rotatable bonds is 5. The lowest BCUT2D eigenvalue weighted by atomic mass is 9.96. The van der Waals surface area contributed by atoms with Gasteiger partial charge in [0.1, 0.15) is 11.8 Å². The molecule has 0 spiro atoms. The molecule has 1 saturated heterocycles. The van der Waals surface area contributed by atoms with Gasteiger partial charge in [0.25, 0.3) is 0 Å². The van der Waals surface area contributed by atoms with Crippen molar-refractivity contribution < 1.29 is 33.3 Å². The van der Waals surface area contributed by atoms with E-state index in [1.54, 1.807) is 13.0 Å². The molecule has 1 aliphatic rings. The fourth-order valence-corrected chi connectivity index (χ4v) is 3.59. The fourth-order valence-electron chi connectivity index (χ4n) is 3.59. The Bertz CT molecular complexity index is 939. The SMILES string of the molecule is CC(=O)N[C@H]1[C@@H](OC(C)=O)O[C@H](C)[C@H](OC(C)=O)[C@@H]1Oc1cccc2ccccc12. The molecule has 1 N–H and O–H groups in total. The molecule has 0 aromatic heterocycles. The van der Waals surface area contributed by atoms with Crippen molar-refractivity contribution in [1.82, 2.24) is 5.32 Å². The number of amides is 1. The second-order valence-electron chi connectivity index (χ2n) is 7.18. The highest BCUT2D eigenvalue weighted by molar-refractivity contribution is 5.88.